The molecule has 18 heavy (non-hydrogen) atoms. The molecule has 0 fully saturated rings. The maximum atomic E-state index is 5.46. The van der Waals surface area contributed by atoms with Crippen molar-refractivity contribution >= 4 is 11.6 Å². The Morgan fingerprint density at radius 3 is 2.67 bits per heavy atom. The van der Waals surface area contributed by atoms with Crippen molar-refractivity contribution in [1.82, 2.24) is 9.97 Å². The van der Waals surface area contributed by atoms with Gasteiger partial charge in [-0.05, 0) is 6.42 Å². The molecule has 102 valence electrons. The van der Waals surface area contributed by atoms with Crippen LogP contribution >= 0.6 is 0 Å². The second-order valence-corrected chi connectivity index (χ2v) is 3.75. The summed E-state index contributed by atoms with van der Waals surface area (Å²) in [6, 6.07) is 0. The highest BCUT2D eigenvalue weighted by Crippen LogP contribution is 2.27. The Kier molecular flexibility index (Phi) is 6.86. The Bertz CT molecular complexity index is 347. The van der Waals surface area contributed by atoms with Gasteiger partial charge < -0.3 is 20.1 Å². The molecule has 6 nitrogen and oxygen atoms in total. The van der Waals surface area contributed by atoms with E-state index in [0.29, 0.717) is 30.5 Å². The van der Waals surface area contributed by atoms with Gasteiger partial charge in [0.15, 0.2) is 11.6 Å². The molecule has 0 saturated carbocycles. The summed E-state index contributed by atoms with van der Waals surface area (Å²) in [6.45, 7) is 4.30. The fourth-order valence-electron chi connectivity index (χ4n) is 1.46. The lowest BCUT2D eigenvalue weighted by atomic mass is 10.4. The zero-order valence-corrected chi connectivity index (χ0v) is 11.3. The number of anilines is 2. The molecule has 0 aromatic carbocycles. The number of ether oxygens (including phenoxy) is 2. The first-order valence-electron chi connectivity index (χ1n) is 6.21. The zero-order valence-electron chi connectivity index (χ0n) is 11.3. The van der Waals surface area contributed by atoms with Crippen molar-refractivity contribution < 1.29 is 9.47 Å². The van der Waals surface area contributed by atoms with E-state index in [1.165, 1.54) is 6.33 Å². The maximum Gasteiger partial charge on any atom is 0.204 e. The normalized spacial score (nSPS) is 10.2. The van der Waals surface area contributed by atoms with Crippen LogP contribution in [0.2, 0.25) is 0 Å². The quantitative estimate of drug-likeness (QED) is 0.654. The van der Waals surface area contributed by atoms with E-state index in [-0.39, 0.29) is 0 Å². The minimum Gasteiger partial charge on any atom is -0.490 e. The van der Waals surface area contributed by atoms with Crippen LogP contribution in [0.15, 0.2) is 6.33 Å². The van der Waals surface area contributed by atoms with E-state index in [4.69, 9.17) is 9.47 Å². The van der Waals surface area contributed by atoms with Gasteiger partial charge in [-0.3, -0.25) is 0 Å². The van der Waals surface area contributed by atoms with Crippen LogP contribution in [0.5, 0.6) is 5.75 Å². The number of hydrogen-bond acceptors (Lipinski definition) is 6. The molecule has 0 bridgehead atoms. The molecule has 1 rings (SSSR count). The molecule has 0 radical (unpaired) electrons. The van der Waals surface area contributed by atoms with E-state index in [2.05, 4.69) is 27.5 Å². The van der Waals surface area contributed by atoms with Crippen LogP contribution in [-0.4, -0.2) is 43.9 Å². The molecule has 0 aliphatic rings. The lowest BCUT2D eigenvalue weighted by molar-refractivity contribution is 0.141. The van der Waals surface area contributed by atoms with Gasteiger partial charge in [-0.15, -0.1) is 0 Å². The first kappa shape index (κ1) is 14.5. The van der Waals surface area contributed by atoms with Gasteiger partial charge in [-0.25, -0.2) is 9.97 Å². The Morgan fingerprint density at radius 2 is 2.00 bits per heavy atom. The molecular formula is C12H22N4O2. The summed E-state index contributed by atoms with van der Waals surface area (Å²) in [5.74, 6) is 1.96. The number of aromatic nitrogens is 2. The van der Waals surface area contributed by atoms with Gasteiger partial charge in [0.2, 0.25) is 5.75 Å². The standard InChI is InChI=1S/C12H22N4O2/c1-4-5-7-18-8-6-14-12-10(17-3)11(13-2)15-9-16-12/h9H,4-8H2,1-3H3,(H2,13,14,15,16). The second-order valence-electron chi connectivity index (χ2n) is 3.75. The second kappa shape index (κ2) is 8.52. The Morgan fingerprint density at radius 1 is 1.22 bits per heavy atom. The van der Waals surface area contributed by atoms with Crippen LogP contribution < -0.4 is 15.4 Å². The molecule has 0 aliphatic heterocycles. The van der Waals surface area contributed by atoms with Crippen molar-refractivity contribution in [3.63, 3.8) is 0 Å². The Labute approximate surface area is 108 Å². The van der Waals surface area contributed by atoms with Crippen molar-refractivity contribution in [2.45, 2.75) is 19.8 Å². The predicted octanol–water partition coefficient (Wildman–Crippen LogP) is 1.76. The lowest BCUT2D eigenvalue weighted by Crippen LogP contribution is -2.12. The SMILES string of the molecule is CCCCOCCNc1ncnc(NC)c1OC. The van der Waals surface area contributed by atoms with E-state index in [0.717, 1.165) is 19.4 Å². The monoisotopic (exact) mass is 254 g/mol. The molecule has 0 amide bonds. The summed E-state index contributed by atoms with van der Waals surface area (Å²) >= 11 is 0. The van der Waals surface area contributed by atoms with Crippen LogP contribution in [0, 0.1) is 0 Å². The van der Waals surface area contributed by atoms with Crippen LogP contribution in [0.3, 0.4) is 0 Å². The third-order valence-corrected chi connectivity index (χ3v) is 2.43. The van der Waals surface area contributed by atoms with Crippen molar-refractivity contribution in [3.05, 3.63) is 6.33 Å². The minimum absolute atomic E-state index is 0.619. The van der Waals surface area contributed by atoms with Gasteiger partial charge in [0.1, 0.15) is 6.33 Å². The number of nitrogens with zero attached hydrogens (tertiary/aromatic N) is 2. The summed E-state index contributed by atoms with van der Waals surface area (Å²) in [6.07, 6.45) is 3.74. The average molecular weight is 254 g/mol. The maximum absolute atomic E-state index is 5.46. The summed E-state index contributed by atoms with van der Waals surface area (Å²) in [7, 11) is 3.39. The zero-order chi connectivity index (χ0) is 13.2. The van der Waals surface area contributed by atoms with E-state index in [1.807, 2.05) is 0 Å². The highest BCUT2D eigenvalue weighted by Gasteiger charge is 2.09. The average Bonchev–Trinajstić information content (AvgIpc) is 2.42. The third kappa shape index (κ3) is 4.37. The summed E-state index contributed by atoms with van der Waals surface area (Å²) < 4.78 is 10.7. The molecule has 1 aromatic heterocycles. The van der Waals surface area contributed by atoms with Gasteiger partial charge >= 0.3 is 0 Å². The van der Waals surface area contributed by atoms with Crippen LogP contribution in [0.25, 0.3) is 0 Å². The number of rotatable bonds is 9. The van der Waals surface area contributed by atoms with Gasteiger partial charge in [-0.2, -0.15) is 0 Å². The van der Waals surface area contributed by atoms with E-state index in [1.54, 1.807) is 14.2 Å². The van der Waals surface area contributed by atoms with Crippen LogP contribution in [0.4, 0.5) is 11.6 Å². The number of methoxy groups -OCH3 is 1. The van der Waals surface area contributed by atoms with E-state index < -0.39 is 0 Å². The molecule has 0 saturated heterocycles. The van der Waals surface area contributed by atoms with Crippen molar-refractivity contribution in [1.29, 1.82) is 0 Å². The minimum atomic E-state index is 0.619. The molecule has 0 aliphatic carbocycles. The topological polar surface area (TPSA) is 68.3 Å². The van der Waals surface area contributed by atoms with E-state index >= 15 is 0 Å². The predicted molar refractivity (Wildman–Crippen MR) is 72.3 cm³/mol. The van der Waals surface area contributed by atoms with E-state index in [9.17, 15) is 0 Å². The molecule has 0 atom stereocenters. The Hall–Kier alpha value is -1.56. The fourth-order valence-corrected chi connectivity index (χ4v) is 1.46. The fraction of sp³-hybridized carbons (Fsp3) is 0.667. The van der Waals surface area contributed by atoms with Crippen molar-refractivity contribution in [3.8, 4) is 5.75 Å². The molecule has 1 aromatic rings. The summed E-state index contributed by atoms with van der Waals surface area (Å²) in [5, 5.41) is 6.13. The number of nitrogens with one attached hydrogen (secondary N) is 2. The molecule has 1 heterocycles. The van der Waals surface area contributed by atoms with Crippen LogP contribution in [-0.2, 0) is 4.74 Å². The van der Waals surface area contributed by atoms with Gasteiger partial charge in [0.05, 0.1) is 13.7 Å². The molecule has 0 unspecified atom stereocenters. The molecule has 2 N–H and O–H groups in total. The number of hydrogen-bond donors (Lipinski definition) is 2. The molecule has 0 spiro atoms. The number of unbranched alkanes of at least 4 members (excludes halogenated alkanes) is 1. The highest BCUT2D eigenvalue weighted by atomic mass is 16.5. The van der Waals surface area contributed by atoms with Crippen molar-refractivity contribution in [2.24, 2.45) is 0 Å². The summed E-state index contributed by atoms with van der Waals surface area (Å²) in [5.41, 5.74) is 0. The third-order valence-electron chi connectivity index (χ3n) is 2.43. The first-order chi connectivity index (χ1) is 8.83. The largest absolute Gasteiger partial charge is 0.490 e. The molecule has 6 heteroatoms. The summed E-state index contributed by atoms with van der Waals surface area (Å²) in [4.78, 5) is 8.23. The van der Waals surface area contributed by atoms with Gasteiger partial charge in [0, 0.05) is 20.2 Å². The van der Waals surface area contributed by atoms with Crippen LogP contribution in [0.1, 0.15) is 19.8 Å². The lowest BCUT2D eigenvalue weighted by Gasteiger charge is -2.12. The Balaban J connectivity index is 2.41. The van der Waals surface area contributed by atoms with Crippen molar-refractivity contribution in [2.75, 3.05) is 44.5 Å². The molecular weight excluding hydrogens is 232 g/mol. The first-order valence-corrected chi connectivity index (χ1v) is 6.21. The van der Waals surface area contributed by atoms with Gasteiger partial charge in [0.25, 0.3) is 0 Å². The smallest absolute Gasteiger partial charge is 0.204 e. The van der Waals surface area contributed by atoms with Gasteiger partial charge in [-0.1, -0.05) is 13.3 Å². The highest BCUT2D eigenvalue weighted by molar-refractivity contribution is 5.63.